The van der Waals surface area contributed by atoms with Crippen LogP contribution in [-0.2, 0) is 14.6 Å². The van der Waals surface area contributed by atoms with Gasteiger partial charge in [0.05, 0.1) is 4.90 Å². The van der Waals surface area contributed by atoms with E-state index >= 15 is 0 Å². The smallest absolute Gasteiger partial charge is 0.224 e. The van der Waals surface area contributed by atoms with E-state index in [4.69, 9.17) is 0 Å². The number of aryl methyl sites for hydroxylation is 1. The SMILES string of the molecule is Cc1ccc(S(=O)(=O)c2[nH]c(-c3ccccc3)nc2SCCC(=O)[O-])cc1. The van der Waals surface area contributed by atoms with E-state index in [-0.39, 0.29) is 27.1 Å². The first-order chi connectivity index (χ1) is 12.9. The number of aliphatic carboxylic acids is 1. The number of carbonyl (C=O) groups is 1. The number of H-pyrrole nitrogens is 1. The van der Waals surface area contributed by atoms with Crippen molar-refractivity contribution in [3.05, 3.63) is 60.2 Å². The minimum absolute atomic E-state index is 0.0337. The van der Waals surface area contributed by atoms with Crippen LogP contribution in [0.25, 0.3) is 11.4 Å². The molecule has 0 aliphatic rings. The van der Waals surface area contributed by atoms with Crippen LogP contribution in [0.3, 0.4) is 0 Å². The monoisotopic (exact) mass is 401 g/mol. The summed E-state index contributed by atoms with van der Waals surface area (Å²) in [5.41, 5.74) is 1.69. The second kappa shape index (κ2) is 7.98. The summed E-state index contributed by atoms with van der Waals surface area (Å²) in [5, 5.41) is 10.9. The molecule has 0 radical (unpaired) electrons. The van der Waals surface area contributed by atoms with Gasteiger partial charge in [-0.1, -0.05) is 48.0 Å². The van der Waals surface area contributed by atoms with Gasteiger partial charge in [0.2, 0.25) is 9.84 Å². The molecule has 0 atom stereocenters. The van der Waals surface area contributed by atoms with Gasteiger partial charge in [-0.25, -0.2) is 13.4 Å². The van der Waals surface area contributed by atoms with Gasteiger partial charge in [0.25, 0.3) is 0 Å². The van der Waals surface area contributed by atoms with Gasteiger partial charge in [-0.05, 0) is 25.5 Å². The highest BCUT2D eigenvalue weighted by Crippen LogP contribution is 2.32. The van der Waals surface area contributed by atoms with E-state index in [1.165, 1.54) is 0 Å². The second-order valence-corrected chi connectivity index (χ2v) is 8.84. The van der Waals surface area contributed by atoms with E-state index in [0.29, 0.717) is 5.82 Å². The number of rotatable bonds is 7. The molecule has 3 aromatic rings. The van der Waals surface area contributed by atoms with Crippen LogP contribution in [0.2, 0.25) is 0 Å². The number of aromatic nitrogens is 2. The third-order valence-electron chi connectivity index (χ3n) is 3.83. The summed E-state index contributed by atoms with van der Waals surface area (Å²) in [6, 6.07) is 15.7. The number of carboxylic acids is 1. The number of carbonyl (C=O) groups excluding carboxylic acids is 1. The Labute approximate surface area is 161 Å². The normalized spacial score (nSPS) is 11.4. The second-order valence-electron chi connectivity index (χ2n) is 5.87. The van der Waals surface area contributed by atoms with Crippen molar-refractivity contribution in [3.63, 3.8) is 0 Å². The summed E-state index contributed by atoms with van der Waals surface area (Å²) in [4.78, 5) is 18.1. The number of nitrogens with one attached hydrogen (secondary N) is 1. The van der Waals surface area contributed by atoms with Crippen LogP contribution in [-0.4, -0.2) is 30.1 Å². The lowest BCUT2D eigenvalue weighted by Gasteiger charge is -2.06. The number of hydrogen-bond acceptors (Lipinski definition) is 6. The molecule has 27 heavy (non-hydrogen) atoms. The minimum atomic E-state index is -3.83. The molecule has 0 saturated carbocycles. The van der Waals surface area contributed by atoms with Gasteiger partial charge in [0.1, 0.15) is 10.9 Å². The first-order valence-electron chi connectivity index (χ1n) is 8.18. The molecule has 0 saturated heterocycles. The van der Waals surface area contributed by atoms with Crippen LogP contribution in [0, 0.1) is 6.92 Å². The number of imidazole rings is 1. The van der Waals surface area contributed by atoms with Crippen LogP contribution in [0.15, 0.2) is 69.5 Å². The van der Waals surface area contributed by atoms with Crippen molar-refractivity contribution in [2.24, 2.45) is 0 Å². The van der Waals surface area contributed by atoms with Crippen LogP contribution >= 0.6 is 11.8 Å². The summed E-state index contributed by atoms with van der Waals surface area (Å²) in [7, 11) is -3.83. The zero-order valence-corrected chi connectivity index (χ0v) is 16.1. The molecule has 1 heterocycles. The van der Waals surface area contributed by atoms with Crippen molar-refractivity contribution >= 4 is 27.6 Å². The molecule has 0 amide bonds. The van der Waals surface area contributed by atoms with Gasteiger partial charge < -0.3 is 14.9 Å². The molecule has 0 unspecified atom stereocenters. The maximum absolute atomic E-state index is 13.1. The highest BCUT2D eigenvalue weighted by atomic mass is 32.2. The summed E-state index contributed by atoms with van der Waals surface area (Å²) in [5.74, 6) is -0.612. The Kier molecular flexibility index (Phi) is 5.67. The number of thioether (sulfide) groups is 1. The van der Waals surface area contributed by atoms with Crippen molar-refractivity contribution in [2.45, 2.75) is 28.3 Å². The van der Waals surface area contributed by atoms with E-state index in [0.717, 1.165) is 22.9 Å². The van der Waals surface area contributed by atoms with Gasteiger partial charge in [-0.3, -0.25) is 0 Å². The summed E-state index contributed by atoms with van der Waals surface area (Å²) in [6.07, 6.45) is -0.192. The summed E-state index contributed by atoms with van der Waals surface area (Å²) >= 11 is 1.07. The van der Waals surface area contributed by atoms with Crippen LogP contribution in [0.1, 0.15) is 12.0 Å². The molecule has 0 aliphatic heterocycles. The number of carboxylic acid groups (broad SMARTS) is 1. The lowest BCUT2D eigenvalue weighted by Crippen LogP contribution is -2.22. The molecule has 0 spiro atoms. The van der Waals surface area contributed by atoms with Crippen LogP contribution in [0.4, 0.5) is 0 Å². The highest BCUT2D eigenvalue weighted by Gasteiger charge is 2.26. The quantitative estimate of drug-likeness (QED) is 0.610. The molecule has 140 valence electrons. The van der Waals surface area contributed by atoms with Gasteiger partial charge >= 0.3 is 0 Å². The molecule has 6 nitrogen and oxygen atoms in total. The highest BCUT2D eigenvalue weighted by molar-refractivity contribution is 8.00. The molecular weight excluding hydrogens is 384 g/mol. The van der Waals surface area contributed by atoms with Gasteiger partial charge in [-0.2, -0.15) is 0 Å². The standard InChI is InChI=1S/C19H18N2O4S2/c1-13-7-9-15(10-8-13)27(24,25)19-18(26-12-11-16(22)23)20-17(21-19)14-5-3-2-4-6-14/h2-10H,11-12H2,1H3,(H,20,21)(H,22,23)/p-1. The summed E-state index contributed by atoms with van der Waals surface area (Å²) < 4.78 is 26.2. The lowest BCUT2D eigenvalue weighted by molar-refractivity contribution is -0.305. The number of nitrogens with zero attached hydrogens (tertiary/aromatic N) is 1. The van der Waals surface area contributed by atoms with Gasteiger partial charge in [0.15, 0.2) is 5.03 Å². The predicted molar refractivity (Wildman–Crippen MR) is 101 cm³/mol. The van der Waals surface area contributed by atoms with E-state index in [1.54, 1.807) is 24.3 Å². The Balaban J connectivity index is 2.04. The molecule has 3 rings (SSSR count). The van der Waals surface area contributed by atoms with Crippen molar-refractivity contribution in [1.29, 1.82) is 0 Å². The zero-order chi connectivity index (χ0) is 19.4. The molecule has 0 bridgehead atoms. The third kappa shape index (κ3) is 4.40. The van der Waals surface area contributed by atoms with Crippen LogP contribution < -0.4 is 5.11 Å². The first kappa shape index (κ1) is 19.2. The molecule has 1 N–H and O–H groups in total. The first-order valence-corrected chi connectivity index (χ1v) is 10.6. The Morgan fingerprint density at radius 2 is 1.78 bits per heavy atom. The van der Waals surface area contributed by atoms with Crippen molar-refractivity contribution in [1.82, 2.24) is 9.97 Å². The maximum atomic E-state index is 13.1. The predicted octanol–water partition coefficient (Wildman–Crippen LogP) is 2.45. The molecule has 1 aromatic heterocycles. The summed E-state index contributed by atoms with van der Waals surface area (Å²) in [6.45, 7) is 1.88. The topological polar surface area (TPSA) is 103 Å². The Morgan fingerprint density at radius 1 is 1.11 bits per heavy atom. The Hall–Kier alpha value is -2.58. The fraction of sp³-hybridized carbons (Fsp3) is 0.158. The Bertz CT molecular complexity index is 1040. The Morgan fingerprint density at radius 3 is 2.41 bits per heavy atom. The lowest BCUT2D eigenvalue weighted by atomic mass is 10.2. The van der Waals surface area contributed by atoms with Gasteiger partial charge in [0, 0.05) is 17.3 Å². The number of hydrogen-bond donors (Lipinski definition) is 1. The van der Waals surface area contributed by atoms with E-state index in [2.05, 4.69) is 9.97 Å². The molecule has 8 heteroatoms. The molecule has 2 aromatic carbocycles. The minimum Gasteiger partial charge on any atom is -0.550 e. The fourth-order valence-corrected chi connectivity index (χ4v) is 4.96. The van der Waals surface area contributed by atoms with Crippen molar-refractivity contribution in [2.75, 3.05) is 5.75 Å². The maximum Gasteiger partial charge on any atom is 0.224 e. The average molecular weight is 401 g/mol. The number of benzene rings is 2. The van der Waals surface area contributed by atoms with E-state index < -0.39 is 15.8 Å². The zero-order valence-electron chi connectivity index (χ0n) is 14.5. The molecular formula is C19H17N2O4S2-. The largest absolute Gasteiger partial charge is 0.550 e. The number of aromatic amines is 1. The van der Waals surface area contributed by atoms with Crippen molar-refractivity contribution < 1.29 is 18.3 Å². The average Bonchev–Trinajstić information content (AvgIpc) is 3.07. The molecule has 0 aliphatic carbocycles. The number of sulfone groups is 1. The fourth-order valence-electron chi connectivity index (χ4n) is 2.42. The van der Waals surface area contributed by atoms with Crippen LogP contribution in [0.5, 0.6) is 0 Å². The van der Waals surface area contributed by atoms with E-state index in [1.807, 2.05) is 37.3 Å². The third-order valence-corrected chi connectivity index (χ3v) is 6.66. The molecule has 0 fully saturated rings. The van der Waals surface area contributed by atoms with E-state index in [9.17, 15) is 18.3 Å². The van der Waals surface area contributed by atoms with Crippen molar-refractivity contribution in [3.8, 4) is 11.4 Å². The van der Waals surface area contributed by atoms with Gasteiger partial charge in [-0.15, -0.1) is 11.8 Å².